The van der Waals surface area contributed by atoms with Crippen LogP contribution < -0.4 is 16.6 Å². The SMILES string of the molecule is CC(CC(C)C(=O)Nc1ccccc1O)C(=O)NN. The Balaban J connectivity index is 2.59. The van der Waals surface area contributed by atoms with Gasteiger partial charge in [-0.3, -0.25) is 15.0 Å². The van der Waals surface area contributed by atoms with E-state index in [1.165, 1.54) is 6.07 Å². The van der Waals surface area contributed by atoms with E-state index in [4.69, 9.17) is 5.84 Å². The van der Waals surface area contributed by atoms with Gasteiger partial charge in [0.15, 0.2) is 0 Å². The van der Waals surface area contributed by atoms with Gasteiger partial charge in [0.25, 0.3) is 0 Å². The Kier molecular flexibility index (Phi) is 5.32. The van der Waals surface area contributed by atoms with Crippen molar-refractivity contribution in [2.24, 2.45) is 17.7 Å². The molecule has 0 spiro atoms. The van der Waals surface area contributed by atoms with Crippen LogP contribution in [0.4, 0.5) is 5.69 Å². The van der Waals surface area contributed by atoms with Crippen molar-refractivity contribution in [1.82, 2.24) is 5.43 Å². The maximum Gasteiger partial charge on any atom is 0.236 e. The highest BCUT2D eigenvalue weighted by Crippen LogP contribution is 2.23. The third-order valence-electron chi connectivity index (χ3n) is 2.91. The fourth-order valence-corrected chi connectivity index (χ4v) is 1.72. The maximum absolute atomic E-state index is 11.9. The minimum Gasteiger partial charge on any atom is -0.506 e. The summed E-state index contributed by atoms with van der Waals surface area (Å²) in [6.07, 6.45) is 0.377. The van der Waals surface area contributed by atoms with Crippen molar-refractivity contribution in [2.75, 3.05) is 5.32 Å². The molecule has 6 heteroatoms. The number of carbonyl (C=O) groups excluding carboxylic acids is 2. The first-order valence-corrected chi connectivity index (χ1v) is 6.05. The molecule has 0 fully saturated rings. The summed E-state index contributed by atoms with van der Waals surface area (Å²) in [5.74, 6) is 3.77. The molecule has 2 unspecified atom stereocenters. The fraction of sp³-hybridized carbons (Fsp3) is 0.385. The number of phenols is 1. The topological polar surface area (TPSA) is 104 Å². The Morgan fingerprint density at radius 3 is 2.37 bits per heavy atom. The maximum atomic E-state index is 11.9. The largest absolute Gasteiger partial charge is 0.506 e. The van der Waals surface area contributed by atoms with Crippen molar-refractivity contribution in [2.45, 2.75) is 20.3 Å². The quantitative estimate of drug-likeness (QED) is 0.276. The molecule has 1 aromatic carbocycles. The summed E-state index contributed by atoms with van der Waals surface area (Å²) in [6.45, 7) is 3.42. The summed E-state index contributed by atoms with van der Waals surface area (Å²) in [6, 6.07) is 6.48. The van der Waals surface area contributed by atoms with E-state index in [0.717, 1.165) is 0 Å². The number of benzene rings is 1. The Hall–Kier alpha value is -2.08. The summed E-state index contributed by atoms with van der Waals surface area (Å²) < 4.78 is 0. The van der Waals surface area contributed by atoms with Crippen molar-refractivity contribution in [3.63, 3.8) is 0 Å². The number of hydrogen-bond acceptors (Lipinski definition) is 4. The Bertz CT molecular complexity index is 462. The van der Waals surface area contributed by atoms with E-state index in [-0.39, 0.29) is 29.4 Å². The summed E-state index contributed by atoms with van der Waals surface area (Å²) >= 11 is 0. The second-order valence-corrected chi connectivity index (χ2v) is 4.55. The summed E-state index contributed by atoms with van der Waals surface area (Å²) in [4.78, 5) is 23.2. The monoisotopic (exact) mass is 265 g/mol. The van der Waals surface area contributed by atoms with Crippen molar-refractivity contribution < 1.29 is 14.7 Å². The number of phenolic OH excluding ortho intramolecular Hbond substituents is 1. The number of anilines is 1. The number of carbonyl (C=O) groups is 2. The van der Waals surface area contributed by atoms with Crippen LogP contribution in [0.5, 0.6) is 5.75 Å². The second-order valence-electron chi connectivity index (χ2n) is 4.55. The molecule has 6 nitrogen and oxygen atoms in total. The molecule has 1 aromatic rings. The molecule has 5 N–H and O–H groups in total. The summed E-state index contributed by atoms with van der Waals surface area (Å²) in [5, 5.41) is 12.2. The van der Waals surface area contributed by atoms with Crippen LogP contribution in [0.2, 0.25) is 0 Å². The van der Waals surface area contributed by atoms with Gasteiger partial charge in [0.1, 0.15) is 5.75 Å². The average Bonchev–Trinajstić information content (AvgIpc) is 2.40. The van der Waals surface area contributed by atoms with Gasteiger partial charge < -0.3 is 10.4 Å². The van der Waals surface area contributed by atoms with Crippen molar-refractivity contribution in [1.29, 1.82) is 0 Å². The molecule has 0 saturated heterocycles. The van der Waals surface area contributed by atoms with Gasteiger partial charge in [-0.2, -0.15) is 0 Å². The highest BCUT2D eigenvalue weighted by Gasteiger charge is 2.21. The first kappa shape index (κ1) is 15.0. The van der Waals surface area contributed by atoms with Gasteiger partial charge in [-0.25, -0.2) is 5.84 Å². The van der Waals surface area contributed by atoms with E-state index in [2.05, 4.69) is 10.7 Å². The predicted octanol–water partition coefficient (Wildman–Crippen LogP) is 0.983. The van der Waals surface area contributed by atoms with E-state index >= 15 is 0 Å². The molecule has 2 atom stereocenters. The minimum atomic E-state index is -0.369. The minimum absolute atomic E-state index is 0.01000. The average molecular weight is 265 g/mol. The van der Waals surface area contributed by atoms with E-state index in [1.807, 2.05) is 0 Å². The zero-order valence-corrected chi connectivity index (χ0v) is 11.0. The zero-order valence-electron chi connectivity index (χ0n) is 11.0. The van der Waals surface area contributed by atoms with Crippen LogP contribution in [0.15, 0.2) is 24.3 Å². The number of nitrogens with two attached hydrogens (primary N) is 1. The smallest absolute Gasteiger partial charge is 0.236 e. The molecule has 0 aliphatic heterocycles. The predicted molar refractivity (Wildman–Crippen MR) is 72.0 cm³/mol. The number of para-hydroxylation sites is 2. The second kappa shape index (κ2) is 6.75. The van der Waals surface area contributed by atoms with Crippen molar-refractivity contribution >= 4 is 17.5 Å². The molecule has 0 aliphatic rings. The number of hydrogen-bond donors (Lipinski definition) is 4. The van der Waals surface area contributed by atoms with Gasteiger partial charge in [-0.15, -0.1) is 0 Å². The van der Waals surface area contributed by atoms with Crippen LogP contribution in [-0.4, -0.2) is 16.9 Å². The molecule has 0 radical (unpaired) electrons. The molecule has 1 rings (SSSR count). The van der Waals surface area contributed by atoms with Gasteiger partial charge in [0, 0.05) is 11.8 Å². The molecule has 0 aromatic heterocycles. The number of nitrogens with one attached hydrogen (secondary N) is 2. The zero-order chi connectivity index (χ0) is 14.4. The van der Waals surface area contributed by atoms with Gasteiger partial charge >= 0.3 is 0 Å². The first-order valence-electron chi connectivity index (χ1n) is 6.05. The fourth-order valence-electron chi connectivity index (χ4n) is 1.72. The molecule has 0 bridgehead atoms. The van der Waals surface area contributed by atoms with Crippen LogP contribution >= 0.6 is 0 Å². The lowest BCUT2D eigenvalue weighted by molar-refractivity contribution is -0.126. The van der Waals surface area contributed by atoms with E-state index in [9.17, 15) is 14.7 Å². The first-order chi connectivity index (χ1) is 8.95. The Labute approximate surface area is 112 Å². The number of amides is 2. The standard InChI is InChI=1S/C13H19N3O3/c1-8(7-9(2)13(19)16-14)12(18)15-10-5-3-4-6-11(10)17/h3-6,8-9,17H,7,14H2,1-2H3,(H,15,18)(H,16,19). The summed E-state index contributed by atoms with van der Waals surface area (Å²) in [5.41, 5.74) is 2.41. The number of hydrazine groups is 1. The van der Waals surface area contributed by atoms with E-state index in [1.54, 1.807) is 32.0 Å². The van der Waals surface area contributed by atoms with Gasteiger partial charge in [-0.05, 0) is 18.6 Å². The van der Waals surface area contributed by atoms with Gasteiger partial charge in [0.2, 0.25) is 11.8 Å². The van der Waals surface area contributed by atoms with Crippen molar-refractivity contribution in [3.05, 3.63) is 24.3 Å². The van der Waals surface area contributed by atoms with E-state index in [0.29, 0.717) is 12.1 Å². The number of aromatic hydroxyl groups is 1. The molecule has 0 aliphatic carbocycles. The van der Waals surface area contributed by atoms with Crippen LogP contribution in [0.25, 0.3) is 0 Å². The molecule has 104 valence electrons. The lowest BCUT2D eigenvalue weighted by Gasteiger charge is -2.16. The Morgan fingerprint density at radius 1 is 1.21 bits per heavy atom. The van der Waals surface area contributed by atoms with Gasteiger partial charge in [0.05, 0.1) is 5.69 Å². The van der Waals surface area contributed by atoms with Crippen molar-refractivity contribution in [3.8, 4) is 5.75 Å². The van der Waals surface area contributed by atoms with Crippen LogP contribution in [0, 0.1) is 11.8 Å². The Morgan fingerprint density at radius 2 is 1.79 bits per heavy atom. The molecular weight excluding hydrogens is 246 g/mol. The molecule has 0 saturated carbocycles. The van der Waals surface area contributed by atoms with Crippen LogP contribution in [0.1, 0.15) is 20.3 Å². The molecular formula is C13H19N3O3. The van der Waals surface area contributed by atoms with Crippen LogP contribution in [0.3, 0.4) is 0 Å². The van der Waals surface area contributed by atoms with Crippen LogP contribution in [-0.2, 0) is 9.59 Å². The third-order valence-corrected chi connectivity index (χ3v) is 2.91. The lowest BCUT2D eigenvalue weighted by Crippen LogP contribution is -2.36. The highest BCUT2D eigenvalue weighted by molar-refractivity contribution is 5.94. The lowest BCUT2D eigenvalue weighted by atomic mass is 9.96. The van der Waals surface area contributed by atoms with Gasteiger partial charge in [-0.1, -0.05) is 26.0 Å². The highest BCUT2D eigenvalue weighted by atomic mass is 16.3. The molecule has 19 heavy (non-hydrogen) atoms. The number of rotatable bonds is 5. The normalized spacial score (nSPS) is 13.4. The molecule has 0 heterocycles. The third kappa shape index (κ3) is 4.26. The summed E-state index contributed by atoms with van der Waals surface area (Å²) in [7, 11) is 0. The molecule has 2 amide bonds. The van der Waals surface area contributed by atoms with E-state index < -0.39 is 0 Å².